The second-order valence-electron chi connectivity index (χ2n) is 5.19. The number of halogens is 3. The lowest BCUT2D eigenvalue weighted by Gasteiger charge is -2.17. The fourth-order valence-corrected chi connectivity index (χ4v) is 2.54. The van der Waals surface area contributed by atoms with Crippen molar-refractivity contribution in [1.82, 2.24) is 0 Å². The standard InChI is InChI=1S/C17H16Cl3NO2/c1-9-5-4-6-16(10(9)2)23-11(3)17(22)21-15-8-13(19)12(18)7-14(15)20/h4-8,11H,1-3H3,(H,21,22)/t11-/m1/s1. The molecule has 1 amide bonds. The molecule has 0 bridgehead atoms. The van der Waals surface area contributed by atoms with Crippen molar-refractivity contribution >= 4 is 46.4 Å². The molecule has 23 heavy (non-hydrogen) atoms. The number of nitrogens with one attached hydrogen (secondary N) is 1. The van der Waals surface area contributed by atoms with Gasteiger partial charge in [-0.15, -0.1) is 0 Å². The van der Waals surface area contributed by atoms with E-state index in [0.29, 0.717) is 26.5 Å². The van der Waals surface area contributed by atoms with Gasteiger partial charge in [0.25, 0.3) is 5.91 Å². The summed E-state index contributed by atoms with van der Waals surface area (Å²) in [6.45, 7) is 5.61. The van der Waals surface area contributed by atoms with Crippen LogP contribution in [0.25, 0.3) is 0 Å². The van der Waals surface area contributed by atoms with Crippen molar-refractivity contribution in [2.75, 3.05) is 5.32 Å². The predicted molar refractivity (Wildman–Crippen MR) is 96.1 cm³/mol. The minimum atomic E-state index is -0.693. The highest BCUT2D eigenvalue weighted by molar-refractivity contribution is 6.44. The number of rotatable bonds is 4. The topological polar surface area (TPSA) is 38.3 Å². The Hall–Kier alpha value is -1.42. The molecule has 0 aliphatic heterocycles. The van der Waals surface area contributed by atoms with Gasteiger partial charge in [0.1, 0.15) is 5.75 Å². The lowest BCUT2D eigenvalue weighted by atomic mass is 10.1. The van der Waals surface area contributed by atoms with Gasteiger partial charge in [-0.25, -0.2) is 0 Å². The fourth-order valence-electron chi connectivity index (χ4n) is 1.95. The Morgan fingerprint density at radius 1 is 1.09 bits per heavy atom. The fraction of sp³-hybridized carbons (Fsp3) is 0.235. The Morgan fingerprint density at radius 3 is 2.43 bits per heavy atom. The Balaban J connectivity index is 2.11. The van der Waals surface area contributed by atoms with E-state index in [0.717, 1.165) is 11.1 Å². The molecule has 2 aromatic rings. The first-order valence-corrected chi connectivity index (χ1v) is 8.11. The van der Waals surface area contributed by atoms with Gasteiger partial charge in [-0.3, -0.25) is 4.79 Å². The van der Waals surface area contributed by atoms with Crippen molar-refractivity contribution < 1.29 is 9.53 Å². The molecule has 0 radical (unpaired) electrons. The summed E-state index contributed by atoms with van der Waals surface area (Å²) in [5.74, 6) is 0.346. The summed E-state index contributed by atoms with van der Waals surface area (Å²) in [5, 5.41) is 3.65. The lowest BCUT2D eigenvalue weighted by Crippen LogP contribution is -2.30. The van der Waals surface area contributed by atoms with E-state index < -0.39 is 6.10 Å². The van der Waals surface area contributed by atoms with Crippen LogP contribution in [0, 0.1) is 13.8 Å². The molecule has 0 unspecified atom stereocenters. The number of ether oxygens (including phenoxy) is 1. The van der Waals surface area contributed by atoms with Crippen LogP contribution in [0.15, 0.2) is 30.3 Å². The largest absolute Gasteiger partial charge is 0.481 e. The Kier molecular flexibility index (Phi) is 5.79. The Bertz CT molecular complexity index is 747. The molecular formula is C17H16Cl3NO2. The zero-order chi connectivity index (χ0) is 17.1. The van der Waals surface area contributed by atoms with Crippen LogP contribution in [0.3, 0.4) is 0 Å². The summed E-state index contributed by atoms with van der Waals surface area (Å²) in [6.07, 6.45) is -0.693. The molecule has 0 spiro atoms. The second kappa shape index (κ2) is 7.43. The van der Waals surface area contributed by atoms with E-state index >= 15 is 0 Å². The average molecular weight is 373 g/mol. The maximum atomic E-state index is 12.3. The van der Waals surface area contributed by atoms with Crippen LogP contribution in [-0.2, 0) is 4.79 Å². The molecule has 0 saturated heterocycles. The number of anilines is 1. The van der Waals surface area contributed by atoms with Gasteiger partial charge in [-0.05, 0) is 50.1 Å². The lowest BCUT2D eigenvalue weighted by molar-refractivity contribution is -0.122. The zero-order valence-corrected chi connectivity index (χ0v) is 15.2. The van der Waals surface area contributed by atoms with Crippen LogP contribution < -0.4 is 10.1 Å². The molecule has 0 aromatic heterocycles. The van der Waals surface area contributed by atoms with Crippen molar-refractivity contribution in [1.29, 1.82) is 0 Å². The Labute approximate surface area is 150 Å². The van der Waals surface area contributed by atoms with Crippen LogP contribution in [0.4, 0.5) is 5.69 Å². The zero-order valence-electron chi connectivity index (χ0n) is 12.9. The van der Waals surface area contributed by atoms with E-state index in [1.165, 1.54) is 12.1 Å². The van der Waals surface area contributed by atoms with Crippen molar-refractivity contribution in [2.45, 2.75) is 26.9 Å². The molecule has 1 atom stereocenters. The van der Waals surface area contributed by atoms with Gasteiger partial charge in [0.05, 0.1) is 20.8 Å². The van der Waals surface area contributed by atoms with Crippen molar-refractivity contribution in [3.8, 4) is 5.75 Å². The van der Waals surface area contributed by atoms with E-state index in [-0.39, 0.29) is 5.91 Å². The molecule has 3 nitrogen and oxygen atoms in total. The van der Waals surface area contributed by atoms with Gasteiger partial charge in [0.2, 0.25) is 0 Å². The maximum absolute atomic E-state index is 12.3. The molecule has 0 aliphatic rings. The summed E-state index contributed by atoms with van der Waals surface area (Å²) < 4.78 is 5.74. The van der Waals surface area contributed by atoms with Crippen LogP contribution in [0.1, 0.15) is 18.1 Å². The van der Waals surface area contributed by atoms with Gasteiger partial charge < -0.3 is 10.1 Å². The molecule has 0 saturated carbocycles. The number of carbonyl (C=O) groups excluding carboxylic acids is 1. The molecular weight excluding hydrogens is 357 g/mol. The third kappa shape index (κ3) is 4.31. The van der Waals surface area contributed by atoms with Crippen molar-refractivity contribution in [2.24, 2.45) is 0 Å². The van der Waals surface area contributed by atoms with E-state index in [1.807, 2.05) is 32.0 Å². The number of hydrogen-bond acceptors (Lipinski definition) is 2. The normalized spacial score (nSPS) is 11.9. The number of hydrogen-bond donors (Lipinski definition) is 1. The molecule has 122 valence electrons. The number of carbonyl (C=O) groups is 1. The van der Waals surface area contributed by atoms with Crippen LogP contribution in [-0.4, -0.2) is 12.0 Å². The van der Waals surface area contributed by atoms with Crippen LogP contribution in [0.5, 0.6) is 5.75 Å². The summed E-state index contributed by atoms with van der Waals surface area (Å²) in [7, 11) is 0. The third-order valence-corrected chi connectivity index (χ3v) is 4.53. The van der Waals surface area contributed by atoms with Crippen LogP contribution >= 0.6 is 34.8 Å². The first-order chi connectivity index (χ1) is 10.8. The second-order valence-corrected chi connectivity index (χ2v) is 6.42. The number of benzene rings is 2. The summed E-state index contributed by atoms with van der Waals surface area (Å²) >= 11 is 17.9. The minimum Gasteiger partial charge on any atom is -0.481 e. The number of amides is 1. The maximum Gasteiger partial charge on any atom is 0.265 e. The SMILES string of the molecule is Cc1cccc(O[C@H](C)C(=O)Nc2cc(Cl)c(Cl)cc2Cl)c1C. The molecule has 1 N–H and O–H groups in total. The molecule has 0 heterocycles. The molecule has 2 rings (SSSR count). The third-order valence-electron chi connectivity index (χ3n) is 3.50. The van der Waals surface area contributed by atoms with E-state index in [9.17, 15) is 4.79 Å². The summed E-state index contributed by atoms with van der Waals surface area (Å²) in [4.78, 5) is 12.3. The Morgan fingerprint density at radius 2 is 1.74 bits per heavy atom. The first kappa shape index (κ1) is 17.9. The monoisotopic (exact) mass is 371 g/mol. The summed E-state index contributed by atoms with van der Waals surface area (Å²) in [6, 6.07) is 8.70. The van der Waals surface area contributed by atoms with E-state index in [1.54, 1.807) is 6.92 Å². The van der Waals surface area contributed by atoms with Crippen molar-refractivity contribution in [3.63, 3.8) is 0 Å². The van der Waals surface area contributed by atoms with Gasteiger partial charge >= 0.3 is 0 Å². The highest BCUT2D eigenvalue weighted by Crippen LogP contribution is 2.32. The van der Waals surface area contributed by atoms with Gasteiger partial charge in [-0.2, -0.15) is 0 Å². The smallest absolute Gasteiger partial charge is 0.265 e. The summed E-state index contributed by atoms with van der Waals surface area (Å²) in [5.41, 5.74) is 2.49. The average Bonchev–Trinajstić information content (AvgIpc) is 2.49. The van der Waals surface area contributed by atoms with Gasteiger partial charge in [-0.1, -0.05) is 46.9 Å². The highest BCUT2D eigenvalue weighted by Gasteiger charge is 2.18. The van der Waals surface area contributed by atoms with Crippen LogP contribution in [0.2, 0.25) is 15.1 Å². The quantitative estimate of drug-likeness (QED) is 0.702. The first-order valence-electron chi connectivity index (χ1n) is 6.98. The predicted octanol–water partition coefficient (Wildman–Crippen LogP) is 5.67. The highest BCUT2D eigenvalue weighted by atomic mass is 35.5. The van der Waals surface area contributed by atoms with E-state index in [2.05, 4.69) is 5.32 Å². The van der Waals surface area contributed by atoms with Gasteiger partial charge in [0.15, 0.2) is 6.10 Å². The van der Waals surface area contributed by atoms with Crippen molar-refractivity contribution in [3.05, 3.63) is 56.5 Å². The minimum absolute atomic E-state index is 0.312. The molecule has 2 aromatic carbocycles. The molecule has 0 fully saturated rings. The molecule has 0 aliphatic carbocycles. The van der Waals surface area contributed by atoms with Gasteiger partial charge in [0, 0.05) is 0 Å². The molecule has 6 heteroatoms. The number of aryl methyl sites for hydroxylation is 1. The van der Waals surface area contributed by atoms with E-state index in [4.69, 9.17) is 39.5 Å².